The van der Waals surface area contributed by atoms with Crippen molar-refractivity contribution in [2.75, 3.05) is 7.11 Å². The van der Waals surface area contributed by atoms with Gasteiger partial charge < -0.3 is 4.74 Å². The lowest BCUT2D eigenvalue weighted by Gasteiger charge is -2.07. The predicted molar refractivity (Wildman–Crippen MR) is 70.9 cm³/mol. The smallest absolute Gasteiger partial charge is 0.327 e. The lowest BCUT2D eigenvalue weighted by atomic mass is 10.1. The van der Waals surface area contributed by atoms with E-state index in [9.17, 15) is 14.0 Å². The maximum atomic E-state index is 13.2. The number of benzene rings is 1. The van der Waals surface area contributed by atoms with E-state index in [1.165, 1.54) is 31.4 Å². The van der Waals surface area contributed by atoms with Crippen LogP contribution in [0.5, 0.6) is 0 Å². The zero-order valence-corrected chi connectivity index (χ0v) is 11.2. The molecule has 0 fully saturated rings. The largest absolute Gasteiger partial charge is 0.468 e. The Hall–Kier alpha value is -2.21. The molecule has 0 spiro atoms. The zero-order chi connectivity index (χ0) is 14.7. The molecule has 0 bridgehead atoms. The number of hydrogen-bond donors (Lipinski definition) is 0. The van der Waals surface area contributed by atoms with Gasteiger partial charge >= 0.3 is 5.97 Å². The number of carbonyl (C=O) groups excluding carboxylic acids is 1. The first-order chi connectivity index (χ1) is 9.51. The average molecular weight is 297 g/mol. The van der Waals surface area contributed by atoms with Crippen molar-refractivity contribution < 1.29 is 13.9 Å². The van der Waals surface area contributed by atoms with E-state index in [2.05, 4.69) is 9.84 Å². The van der Waals surface area contributed by atoms with Crippen LogP contribution in [-0.2, 0) is 16.1 Å². The Morgan fingerprint density at radius 3 is 2.85 bits per heavy atom. The van der Waals surface area contributed by atoms with Gasteiger partial charge in [-0.15, -0.1) is 0 Å². The van der Waals surface area contributed by atoms with E-state index in [0.29, 0.717) is 11.1 Å². The fourth-order valence-electron chi connectivity index (χ4n) is 1.63. The minimum absolute atomic E-state index is 0.000830. The highest BCUT2D eigenvalue weighted by Crippen LogP contribution is 2.24. The molecular formula is C13H10ClFN2O3. The number of hydrogen-bond acceptors (Lipinski definition) is 4. The van der Waals surface area contributed by atoms with Gasteiger partial charge in [-0.25, -0.2) is 9.07 Å². The SMILES string of the molecule is COC(=O)Cn1nc(Cl)c(-c2cccc(F)c2)cc1=O. The standard InChI is InChI=1S/C13H10ClFN2O3/c1-20-12(19)7-17-11(18)6-10(13(14)16-17)8-3-2-4-9(15)5-8/h2-6H,7H2,1H3. The summed E-state index contributed by atoms with van der Waals surface area (Å²) >= 11 is 5.97. The molecule has 2 aromatic rings. The van der Waals surface area contributed by atoms with Crippen molar-refractivity contribution in [3.63, 3.8) is 0 Å². The highest BCUT2D eigenvalue weighted by atomic mass is 35.5. The second kappa shape index (κ2) is 5.83. The van der Waals surface area contributed by atoms with Gasteiger partial charge in [-0.2, -0.15) is 5.10 Å². The number of aromatic nitrogens is 2. The Morgan fingerprint density at radius 1 is 1.45 bits per heavy atom. The molecule has 0 aliphatic heterocycles. The van der Waals surface area contributed by atoms with E-state index in [4.69, 9.17) is 11.6 Å². The molecule has 0 saturated heterocycles. The summed E-state index contributed by atoms with van der Waals surface area (Å²) in [6, 6.07) is 6.83. The number of esters is 1. The Balaban J connectivity index is 2.45. The first kappa shape index (κ1) is 14.2. The quantitative estimate of drug-likeness (QED) is 0.811. The van der Waals surface area contributed by atoms with E-state index in [1.807, 2.05) is 0 Å². The molecule has 0 amide bonds. The Bertz CT molecular complexity index is 715. The van der Waals surface area contributed by atoms with Crippen LogP contribution in [0.3, 0.4) is 0 Å². The first-order valence-corrected chi connectivity index (χ1v) is 5.99. The molecule has 0 saturated carbocycles. The monoisotopic (exact) mass is 296 g/mol. The van der Waals surface area contributed by atoms with E-state index in [0.717, 1.165) is 4.68 Å². The summed E-state index contributed by atoms with van der Waals surface area (Å²) in [5, 5.41) is 3.81. The second-order valence-electron chi connectivity index (χ2n) is 3.93. The second-order valence-corrected chi connectivity index (χ2v) is 4.29. The van der Waals surface area contributed by atoms with Gasteiger partial charge in [-0.3, -0.25) is 9.59 Å². The molecule has 5 nitrogen and oxygen atoms in total. The molecule has 2 rings (SSSR count). The maximum Gasteiger partial charge on any atom is 0.327 e. The van der Waals surface area contributed by atoms with Gasteiger partial charge in [0.15, 0.2) is 5.15 Å². The molecule has 0 N–H and O–H groups in total. The van der Waals surface area contributed by atoms with Crippen molar-refractivity contribution in [2.45, 2.75) is 6.54 Å². The number of ether oxygens (including phenoxy) is 1. The summed E-state index contributed by atoms with van der Waals surface area (Å²) in [5.41, 5.74) is 0.209. The molecule has 0 aliphatic carbocycles. The van der Waals surface area contributed by atoms with Crippen LogP contribution < -0.4 is 5.56 Å². The van der Waals surface area contributed by atoms with Crippen LogP contribution >= 0.6 is 11.6 Å². The molecule has 1 heterocycles. The predicted octanol–water partition coefficient (Wildman–Crippen LogP) is 1.88. The number of halogens is 2. The summed E-state index contributed by atoms with van der Waals surface area (Å²) in [4.78, 5) is 23.0. The molecule has 1 aromatic carbocycles. The molecule has 1 aromatic heterocycles. The lowest BCUT2D eigenvalue weighted by molar-refractivity contribution is -0.141. The van der Waals surface area contributed by atoms with Gasteiger partial charge in [-0.1, -0.05) is 23.7 Å². The minimum atomic E-state index is -0.617. The van der Waals surface area contributed by atoms with Gasteiger partial charge in [0.25, 0.3) is 5.56 Å². The topological polar surface area (TPSA) is 61.2 Å². The molecule has 0 unspecified atom stereocenters. The Labute approximate surface area is 118 Å². The maximum absolute atomic E-state index is 13.2. The van der Waals surface area contributed by atoms with Crippen molar-refractivity contribution in [3.05, 3.63) is 51.7 Å². The van der Waals surface area contributed by atoms with Crippen molar-refractivity contribution >= 4 is 17.6 Å². The third kappa shape index (κ3) is 3.03. The van der Waals surface area contributed by atoms with Crippen molar-refractivity contribution in [2.24, 2.45) is 0 Å². The number of methoxy groups -OCH3 is 1. The van der Waals surface area contributed by atoms with Crippen LogP contribution in [0.4, 0.5) is 4.39 Å². The van der Waals surface area contributed by atoms with Crippen LogP contribution in [0, 0.1) is 5.82 Å². The van der Waals surface area contributed by atoms with Crippen LogP contribution in [-0.4, -0.2) is 22.9 Å². The highest BCUT2D eigenvalue weighted by molar-refractivity contribution is 6.32. The minimum Gasteiger partial charge on any atom is -0.468 e. The van der Waals surface area contributed by atoms with Crippen molar-refractivity contribution in [1.82, 2.24) is 9.78 Å². The first-order valence-electron chi connectivity index (χ1n) is 5.61. The molecule has 104 valence electrons. The lowest BCUT2D eigenvalue weighted by Crippen LogP contribution is -2.27. The summed E-state index contributed by atoms with van der Waals surface area (Å²) in [7, 11) is 1.20. The Morgan fingerprint density at radius 2 is 2.20 bits per heavy atom. The van der Waals surface area contributed by atoms with Crippen LogP contribution in [0.2, 0.25) is 5.15 Å². The Kier molecular flexibility index (Phi) is 4.14. The number of carbonyl (C=O) groups is 1. The summed E-state index contributed by atoms with van der Waals surface area (Å²) in [5.74, 6) is -1.06. The van der Waals surface area contributed by atoms with Crippen molar-refractivity contribution in [1.29, 1.82) is 0 Å². The zero-order valence-electron chi connectivity index (χ0n) is 10.5. The van der Waals surface area contributed by atoms with Gasteiger partial charge in [0.1, 0.15) is 12.4 Å². The van der Waals surface area contributed by atoms with Gasteiger partial charge in [0.2, 0.25) is 0 Å². The van der Waals surface area contributed by atoms with Crippen LogP contribution in [0.1, 0.15) is 0 Å². The summed E-state index contributed by atoms with van der Waals surface area (Å²) < 4.78 is 18.5. The molecule has 7 heteroatoms. The van der Waals surface area contributed by atoms with E-state index in [1.54, 1.807) is 6.07 Å². The average Bonchev–Trinajstić information content (AvgIpc) is 2.42. The summed E-state index contributed by atoms with van der Waals surface area (Å²) in [6.07, 6.45) is 0. The third-order valence-corrected chi connectivity index (χ3v) is 2.87. The fraction of sp³-hybridized carbons (Fsp3) is 0.154. The third-order valence-electron chi connectivity index (χ3n) is 2.60. The number of rotatable bonds is 3. The molecular weight excluding hydrogens is 287 g/mol. The van der Waals surface area contributed by atoms with Crippen LogP contribution in [0.15, 0.2) is 35.1 Å². The highest BCUT2D eigenvalue weighted by Gasteiger charge is 2.12. The van der Waals surface area contributed by atoms with E-state index in [-0.39, 0.29) is 11.7 Å². The van der Waals surface area contributed by atoms with E-state index >= 15 is 0 Å². The van der Waals surface area contributed by atoms with Gasteiger partial charge in [0, 0.05) is 11.6 Å². The molecule has 20 heavy (non-hydrogen) atoms. The molecule has 0 radical (unpaired) electrons. The molecule has 0 atom stereocenters. The van der Waals surface area contributed by atoms with Crippen molar-refractivity contribution in [3.8, 4) is 11.1 Å². The number of nitrogens with zero attached hydrogens (tertiary/aromatic N) is 2. The van der Waals surface area contributed by atoms with Gasteiger partial charge in [-0.05, 0) is 17.7 Å². The van der Waals surface area contributed by atoms with Crippen LogP contribution in [0.25, 0.3) is 11.1 Å². The van der Waals surface area contributed by atoms with Gasteiger partial charge in [0.05, 0.1) is 7.11 Å². The van der Waals surface area contributed by atoms with E-state index < -0.39 is 17.3 Å². The fourth-order valence-corrected chi connectivity index (χ4v) is 1.88. The molecule has 0 aliphatic rings. The summed E-state index contributed by atoms with van der Waals surface area (Å²) in [6.45, 7) is -0.335. The normalized spacial score (nSPS) is 10.3.